The molecular weight excluding hydrogens is 196 g/mol. The second-order valence-corrected chi connectivity index (χ2v) is 3.83. The summed E-state index contributed by atoms with van der Waals surface area (Å²) in [6, 6.07) is 19.6. The van der Waals surface area contributed by atoms with E-state index in [1.165, 1.54) is 11.4 Å². The molecule has 16 heavy (non-hydrogen) atoms. The van der Waals surface area contributed by atoms with Gasteiger partial charge in [0, 0.05) is 11.4 Å². The van der Waals surface area contributed by atoms with Gasteiger partial charge in [0.25, 0.3) is 0 Å². The Balaban J connectivity index is 2.07. The molecule has 1 aliphatic heterocycles. The summed E-state index contributed by atoms with van der Waals surface area (Å²) in [7, 11) is 2.06. The van der Waals surface area contributed by atoms with Crippen LogP contribution in [0.2, 0.25) is 0 Å². The van der Waals surface area contributed by atoms with E-state index in [2.05, 4.69) is 59.9 Å². The van der Waals surface area contributed by atoms with Crippen molar-refractivity contribution in [3.63, 3.8) is 0 Å². The number of rotatable bonds is 1. The summed E-state index contributed by atoms with van der Waals surface area (Å²) in [5.41, 5.74) is 3.49. The van der Waals surface area contributed by atoms with Gasteiger partial charge in [-0.05, 0) is 19.2 Å². The predicted molar refractivity (Wildman–Crippen MR) is 66.6 cm³/mol. The minimum Gasteiger partial charge on any atom is -0.504 e. The number of para-hydroxylation sites is 3. The number of hydrogen-bond donors (Lipinski definition) is 0. The lowest BCUT2D eigenvalue weighted by Gasteiger charge is -2.34. The van der Waals surface area contributed by atoms with Gasteiger partial charge in [-0.1, -0.05) is 12.1 Å². The molecule has 2 aromatic carbocycles. The van der Waals surface area contributed by atoms with Gasteiger partial charge in [-0.15, -0.1) is 5.69 Å². The van der Waals surface area contributed by atoms with Crippen molar-refractivity contribution in [2.45, 2.75) is 0 Å². The Labute approximate surface area is 95.7 Å². The van der Waals surface area contributed by atoms with Gasteiger partial charge in [-0.2, -0.15) is 37.0 Å². The SMILES string of the molecule is CN1[CH-]N(c2[c-]cccc2)c2ccccc21. The van der Waals surface area contributed by atoms with Gasteiger partial charge in [-0.25, -0.2) is 0 Å². The molecule has 2 heteroatoms. The minimum absolute atomic E-state index is 1.07. The highest BCUT2D eigenvalue weighted by molar-refractivity contribution is 5.84. The van der Waals surface area contributed by atoms with Crippen molar-refractivity contribution >= 4 is 17.1 Å². The Kier molecular flexibility index (Phi) is 2.07. The normalized spacial score (nSPS) is 14.1. The molecule has 2 aromatic rings. The number of fused-ring (bicyclic) bond motifs is 1. The summed E-state index contributed by atoms with van der Waals surface area (Å²) in [6.45, 7) is 2.08. The van der Waals surface area contributed by atoms with Crippen LogP contribution in [-0.4, -0.2) is 7.05 Å². The highest BCUT2D eigenvalue weighted by atomic mass is 15.4. The first-order valence-electron chi connectivity index (χ1n) is 5.29. The average Bonchev–Trinajstić information content (AvgIpc) is 2.69. The van der Waals surface area contributed by atoms with E-state index in [-0.39, 0.29) is 0 Å². The van der Waals surface area contributed by atoms with E-state index < -0.39 is 0 Å². The molecule has 3 rings (SSSR count). The zero-order chi connectivity index (χ0) is 11.0. The van der Waals surface area contributed by atoms with Crippen LogP contribution < -0.4 is 9.80 Å². The number of nitrogens with zero attached hydrogens (tertiary/aromatic N) is 2. The fraction of sp³-hybridized carbons (Fsp3) is 0.0714. The lowest BCUT2D eigenvalue weighted by molar-refractivity contribution is 1.08. The fourth-order valence-electron chi connectivity index (χ4n) is 1.99. The van der Waals surface area contributed by atoms with E-state index in [1.54, 1.807) is 0 Å². The maximum atomic E-state index is 3.24. The zero-order valence-corrected chi connectivity index (χ0v) is 9.09. The van der Waals surface area contributed by atoms with E-state index in [0.29, 0.717) is 0 Å². The number of hydrogen-bond acceptors (Lipinski definition) is 2. The molecule has 0 bridgehead atoms. The molecule has 0 atom stereocenters. The largest absolute Gasteiger partial charge is 0.504 e. The van der Waals surface area contributed by atoms with Crippen molar-refractivity contribution in [1.82, 2.24) is 0 Å². The summed E-state index contributed by atoms with van der Waals surface area (Å²) in [5, 5.41) is 0. The molecule has 0 saturated carbocycles. The van der Waals surface area contributed by atoms with E-state index in [9.17, 15) is 0 Å². The summed E-state index contributed by atoms with van der Waals surface area (Å²) in [4.78, 5) is 4.27. The van der Waals surface area contributed by atoms with Crippen LogP contribution in [0, 0.1) is 12.7 Å². The Morgan fingerprint density at radius 3 is 2.50 bits per heavy atom. The van der Waals surface area contributed by atoms with Gasteiger partial charge < -0.3 is 9.80 Å². The molecule has 2 nitrogen and oxygen atoms in total. The molecule has 0 saturated heterocycles. The average molecular weight is 208 g/mol. The molecule has 1 aliphatic rings. The van der Waals surface area contributed by atoms with Crippen molar-refractivity contribution in [3.8, 4) is 0 Å². The van der Waals surface area contributed by atoms with Gasteiger partial charge in [0.1, 0.15) is 0 Å². The first-order valence-corrected chi connectivity index (χ1v) is 5.29. The first-order chi connectivity index (χ1) is 7.86. The van der Waals surface area contributed by atoms with Crippen molar-refractivity contribution in [2.24, 2.45) is 0 Å². The quantitative estimate of drug-likeness (QED) is 0.664. The molecule has 0 N–H and O–H groups in total. The van der Waals surface area contributed by atoms with E-state index in [0.717, 1.165) is 5.69 Å². The first kappa shape index (κ1) is 9.28. The molecule has 0 aliphatic carbocycles. The zero-order valence-electron chi connectivity index (χ0n) is 9.09. The Hall–Kier alpha value is -1.96. The van der Waals surface area contributed by atoms with Crippen LogP contribution in [0.5, 0.6) is 0 Å². The minimum atomic E-state index is 1.07. The number of anilines is 3. The predicted octanol–water partition coefficient (Wildman–Crippen LogP) is 3.19. The van der Waals surface area contributed by atoms with E-state index in [4.69, 9.17) is 0 Å². The Morgan fingerprint density at radius 2 is 1.75 bits per heavy atom. The van der Waals surface area contributed by atoms with E-state index in [1.807, 2.05) is 18.2 Å². The van der Waals surface area contributed by atoms with E-state index >= 15 is 0 Å². The fourth-order valence-corrected chi connectivity index (χ4v) is 1.99. The van der Waals surface area contributed by atoms with Gasteiger partial charge in [-0.3, -0.25) is 0 Å². The number of benzene rings is 2. The Morgan fingerprint density at radius 1 is 1.00 bits per heavy atom. The molecule has 80 valence electrons. The molecule has 0 aromatic heterocycles. The van der Waals surface area contributed by atoms with Gasteiger partial charge in [0.2, 0.25) is 0 Å². The molecule has 0 fully saturated rings. The monoisotopic (exact) mass is 208 g/mol. The third-order valence-corrected chi connectivity index (χ3v) is 2.76. The van der Waals surface area contributed by atoms with Crippen LogP contribution in [0.3, 0.4) is 0 Å². The smallest absolute Gasteiger partial charge is 0.0326 e. The topological polar surface area (TPSA) is 6.48 Å². The van der Waals surface area contributed by atoms with Crippen LogP contribution in [0.25, 0.3) is 0 Å². The third kappa shape index (κ3) is 1.34. The lowest BCUT2D eigenvalue weighted by Crippen LogP contribution is -2.17. The van der Waals surface area contributed by atoms with Crippen molar-refractivity contribution in [2.75, 3.05) is 16.8 Å². The van der Waals surface area contributed by atoms with Crippen LogP contribution >= 0.6 is 0 Å². The molecule has 0 unspecified atom stereocenters. The second-order valence-electron chi connectivity index (χ2n) is 3.83. The third-order valence-electron chi connectivity index (χ3n) is 2.76. The maximum Gasteiger partial charge on any atom is 0.0326 e. The molecular formula is C14H12N2-2. The van der Waals surface area contributed by atoms with Gasteiger partial charge in [0.05, 0.1) is 0 Å². The van der Waals surface area contributed by atoms with Crippen LogP contribution in [-0.2, 0) is 0 Å². The molecule has 0 radical (unpaired) electrons. The summed E-state index contributed by atoms with van der Waals surface area (Å²) in [5.74, 6) is 0. The van der Waals surface area contributed by atoms with Gasteiger partial charge in [0.15, 0.2) is 0 Å². The maximum absolute atomic E-state index is 3.24. The molecule has 1 heterocycles. The standard InChI is InChI=1S/C14H12N2/c1-15-11-16(12-7-3-2-4-8-12)14-10-6-5-9-13(14)15/h2-7,9-11H,1H3/q-2. The van der Waals surface area contributed by atoms with Crippen molar-refractivity contribution in [3.05, 3.63) is 61.3 Å². The second kappa shape index (κ2) is 3.56. The highest BCUT2D eigenvalue weighted by Gasteiger charge is 2.12. The highest BCUT2D eigenvalue weighted by Crippen LogP contribution is 2.40. The molecule has 0 spiro atoms. The van der Waals surface area contributed by atoms with Crippen molar-refractivity contribution in [1.29, 1.82) is 0 Å². The molecule has 0 amide bonds. The van der Waals surface area contributed by atoms with Crippen molar-refractivity contribution < 1.29 is 0 Å². The lowest BCUT2D eigenvalue weighted by atomic mass is 10.2. The van der Waals surface area contributed by atoms with Crippen LogP contribution in [0.15, 0.2) is 48.5 Å². The summed E-state index contributed by atoms with van der Waals surface area (Å²) >= 11 is 0. The van der Waals surface area contributed by atoms with Crippen LogP contribution in [0.4, 0.5) is 17.1 Å². The summed E-state index contributed by atoms with van der Waals surface area (Å²) < 4.78 is 0. The van der Waals surface area contributed by atoms with Crippen LogP contribution in [0.1, 0.15) is 0 Å². The van der Waals surface area contributed by atoms with Gasteiger partial charge >= 0.3 is 0 Å². The summed E-state index contributed by atoms with van der Waals surface area (Å²) in [6.07, 6.45) is 0. The Bertz CT molecular complexity index is 493.